The Bertz CT molecular complexity index is 735. The van der Waals surface area contributed by atoms with Gasteiger partial charge in [0.05, 0.1) is 17.4 Å². The Morgan fingerprint density at radius 3 is 2.60 bits per heavy atom. The van der Waals surface area contributed by atoms with Crippen molar-refractivity contribution in [3.05, 3.63) is 30.0 Å². The largest absolute Gasteiger partial charge is 0.328 e. The monoisotopic (exact) mass is 342 g/mol. The molecule has 1 aliphatic carbocycles. The first-order valence-corrected chi connectivity index (χ1v) is 9.07. The Labute approximate surface area is 150 Å². The van der Waals surface area contributed by atoms with Gasteiger partial charge in [-0.3, -0.25) is 4.68 Å². The number of aryl methyl sites for hydroxylation is 1. The molecule has 0 amide bonds. The van der Waals surface area contributed by atoms with Gasteiger partial charge in [0.25, 0.3) is 0 Å². The highest BCUT2D eigenvalue weighted by atomic mass is 15.3. The Balaban J connectivity index is 1.95. The average Bonchev–Trinajstić information content (AvgIpc) is 2.90. The summed E-state index contributed by atoms with van der Waals surface area (Å²) in [5, 5.41) is 4.46. The summed E-state index contributed by atoms with van der Waals surface area (Å²) in [5.74, 6) is 0.725. The first kappa shape index (κ1) is 18.0. The average molecular weight is 342 g/mol. The van der Waals surface area contributed by atoms with Gasteiger partial charge in [0.1, 0.15) is 5.82 Å². The normalized spacial score (nSPS) is 24.5. The molecular formula is C19H30N6. The summed E-state index contributed by atoms with van der Waals surface area (Å²) in [7, 11) is 1.99. The van der Waals surface area contributed by atoms with Crippen molar-refractivity contribution >= 4 is 0 Å². The molecule has 0 spiro atoms. The highest BCUT2D eigenvalue weighted by Gasteiger charge is 2.35. The quantitative estimate of drug-likeness (QED) is 0.893. The Hall–Kier alpha value is -1.79. The van der Waals surface area contributed by atoms with E-state index in [0.717, 1.165) is 49.2 Å². The molecular weight excluding hydrogens is 312 g/mol. The van der Waals surface area contributed by atoms with Crippen LogP contribution in [0.4, 0.5) is 0 Å². The molecule has 6 nitrogen and oxygen atoms in total. The minimum atomic E-state index is -0.474. The predicted molar refractivity (Wildman–Crippen MR) is 99.7 cm³/mol. The maximum Gasteiger partial charge on any atom is 0.148 e. The minimum absolute atomic E-state index is 0.174. The third-order valence-corrected chi connectivity index (χ3v) is 5.06. The van der Waals surface area contributed by atoms with Gasteiger partial charge in [-0.2, -0.15) is 5.10 Å². The van der Waals surface area contributed by atoms with Crippen LogP contribution in [-0.4, -0.2) is 25.8 Å². The molecule has 1 saturated carbocycles. The molecule has 25 heavy (non-hydrogen) atoms. The highest BCUT2D eigenvalue weighted by Crippen LogP contribution is 2.34. The van der Waals surface area contributed by atoms with Crippen LogP contribution in [0.3, 0.4) is 0 Å². The van der Waals surface area contributed by atoms with Crippen LogP contribution in [0.25, 0.3) is 11.3 Å². The van der Waals surface area contributed by atoms with Crippen molar-refractivity contribution in [2.45, 2.75) is 64.5 Å². The zero-order valence-electron chi connectivity index (χ0n) is 15.8. The zero-order valence-corrected chi connectivity index (χ0v) is 15.8. The van der Waals surface area contributed by atoms with Crippen LogP contribution in [0.5, 0.6) is 0 Å². The maximum absolute atomic E-state index is 6.63. The van der Waals surface area contributed by atoms with Gasteiger partial charge in [-0.25, -0.2) is 9.97 Å². The van der Waals surface area contributed by atoms with Crippen LogP contribution >= 0.6 is 0 Å². The molecule has 0 aromatic carbocycles. The molecule has 0 radical (unpaired) electrons. The molecule has 0 bridgehead atoms. The van der Waals surface area contributed by atoms with Crippen LogP contribution in [0.2, 0.25) is 0 Å². The number of hydrogen-bond donors (Lipinski definition) is 2. The van der Waals surface area contributed by atoms with E-state index >= 15 is 0 Å². The third kappa shape index (κ3) is 3.90. The van der Waals surface area contributed by atoms with Crippen LogP contribution < -0.4 is 11.5 Å². The van der Waals surface area contributed by atoms with Gasteiger partial charge >= 0.3 is 0 Å². The van der Waals surface area contributed by atoms with E-state index < -0.39 is 5.54 Å². The number of nitrogens with zero attached hydrogens (tertiary/aromatic N) is 4. The van der Waals surface area contributed by atoms with Crippen molar-refractivity contribution in [1.82, 2.24) is 19.7 Å². The summed E-state index contributed by atoms with van der Waals surface area (Å²) in [6.07, 6.45) is 8.15. The Morgan fingerprint density at radius 1 is 1.28 bits per heavy atom. The molecule has 0 aliphatic heterocycles. The van der Waals surface area contributed by atoms with Gasteiger partial charge in [-0.05, 0) is 43.6 Å². The minimum Gasteiger partial charge on any atom is -0.328 e. The van der Waals surface area contributed by atoms with E-state index in [2.05, 4.69) is 30.9 Å². The van der Waals surface area contributed by atoms with E-state index in [-0.39, 0.29) is 11.5 Å². The second-order valence-electron chi connectivity index (χ2n) is 8.63. The third-order valence-electron chi connectivity index (χ3n) is 5.06. The van der Waals surface area contributed by atoms with Crippen molar-refractivity contribution < 1.29 is 0 Å². The fourth-order valence-corrected chi connectivity index (χ4v) is 3.52. The Morgan fingerprint density at radius 2 is 1.96 bits per heavy atom. The van der Waals surface area contributed by atoms with Crippen molar-refractivity contribution in [1.29, 1.82) is 0 Å². The molecule has 2 heterocycles. The molecule has 2 aromatic heterocycles. The maximum atomic E-state index is 6.63. The van der Waals surface area contributed by atoms with E-state index in [1.807, 2.05) is 30.2 Å². The fraction of sp³-hybridized carbons (Fsp3) is 0.632. The van der Waals surface area contributed by atoms with E-state index in [4.69, 9.17) is 16.5 Å². The fourth-order valence-electron chi connectivity index (χ4n) is 3.52. The van der Waals surface area contributed by atoms with Crippen LogP contribution in [0.1, 0.15) is 58.0 Å². The second-order valence-corrected chi connectivity index (χ2v) is 8.63. The molecule has 6 heteroatoms. The smallest absolute Gasteiger partial charge is 0.148 e. The van der Waals surface area contributed by atoms with Crippen molar-refractivity contribution in [3.8, 4) is 11.3 Å². The number of nitrogens with two attached hydrogens (primary N) is 2. The highest BCUT2D eigenvalue weighted by molar-refractivity contribution is 5.61. The van der Waals surface area contributed by atoms with Crippen LogP contribution in [-0.2, 0) is 19.0 Å². The van der Waals surface area contributed by atoms with Crippen molar-refractivity contribution in [2.24, 2.45) is 23.9 Å². The zero-order chi connectivity index (χ0) is 18.2. The lowest BCUT2D eigenvalue weighted by atomic mass is 9.79. The van der Waals surface area contributed by atoms with E-state index in [0.29, 0.717) is 0 Å². The second kappa shape index (κ2) is 6.50. The molecule has 4 N–H and O–H groups in total. The van der Waals surface area contributed by atoms with E-state index in [1.165, 1.54) is 5.69 Å². The SMILES string of the molecule is Cn1ncc(-c2ccnc(C3(N)CCC(N)CC3)n2)c1CC(C)(C)C. The lowest BCUT2D eigenvalue weighted by Gasteiger charge is -2.34. The van der Waals surface area contributed by atoms with Gasteiger partial charge in [-0.15, -0.1) is 0 Å². The number of hydrogen-bond acceptors (Lipinski definition) is 5. The van der Waals surface area contributed by atoms with Crippen LogP contribution in [0, 0.1) is 5.41 Å². The lowest BCUT2D eigenvalue weighted by Crippen LogP contribution is -2.44. The topological polar surface area (TPSA) is 95.6 Å². The summed E-state index contributed by atoms with van der Waals surface area (Å²) < 4.78 is 1.94. The van der Waals surface area contributed by atoms with E-state index in [9.17, 15) is 0 Å². The summed E-state index contributed by atoms with van der Waals surface area (Å²) in [5.41, 5.74) is 15.5. The van der Waals surface area contributed by atoms with Crippen molar-refractivity contribution in [2.75, 3.05) is 0 Å². The first-order valence-electron chi connectivity index (χ1n) is 9.07. The van der Waals surface area contributed by atoms with Gasteiger partial charge in [-0.1, -0.05) is 20.8 Å². The molecule has 0 unspecified atom stereocenters. The molecule has 2 aromatic rings. The molecule has 1 aliphatic rings. The van der Waals surface area contributed by atoms with E-state index in [1.54, 1.807) is 0 Å². The van der Waals surface area contributed by atoms with Gasteiger partial charge < -0.3 is 11.5 Å². The molecule has 136 valence electrons. The number of aromatic nitrogens is 4. The number of rotatable bonds is 3. The standard InChI is InChI=1S/C19H30N6/c1-18(2,3)11-16-14(12-23-25(16)4)15-7-10-22-17(24-15)19(21)8-5-13(20)6-9-19/h7,10,12-13H,5-6,8-9,11,20-21H2,1-4H3. The molecule has 1 fully saturated rings. The first-order chi connectivity index (χ1) is 11.7. The Kier molecular flexibility index (Phi) is 4.68. The molecule has 3 rings (SSSR count). The van der Waals surface area contributed by atoms with Crippen molar-refractivity contribution in [3.63, 3.8) is 0 Å². The van der Waals surface area contributed by atoms with Crippen LogP contribution in [0.15, 0.2) is 18.5 Å². The summed E-state index contributed by atoms with van der Waals surface area (Å²) in [6, 6.07) is 2.20. The molecule has 0 saturated heterocycles. The molecule has 0 atom stereocenters. The summed E-state index contributed by atoms with van der Waals surface area (Å²) >= 11 is 0. The summed E-state index contributed by atoms with van der Waals surface area (Å²) in [4.78, 5) is 9.33. The lowest BCUT2D eigenvalue weighted by molar-refractivity contribution is 0.265. The van der Waals surface area contributed by atoms with Gasteiger partial charge in [0.2, 0.25) is 0 Å². The predicted octanol–water partition coefficient (Wildman–Crippen LogP) is 2.52. The van der Waals surface area contributed by atoms with Gasteiger partial charge in [0, 0.05) is 30.5 Å². The summed E-state index contributed by atoms with van der Waals surface area (Å²) in [6.45, 7) is 6.69. The van der Waals surface area contributed by atoms with Gasteiger partial charge in [0.15, 0.2) is 0 Å².